The van der Waals surface area contributed by atoms with Crippen LogP contribution in [0.25, 0.3) is 0 Å². The molecular formula is C11H20N2O3. The lowest BCUT2D eigenvalue weighted by Crippen LogP contribution is -2.35. The number of amides is 1. The highest BCUT2D eigenvalue weighted by Crippen LogP contribution is 2.14. The zero-order valence-electron chi connectivity index (χ0n) is 9.75. The first-order valence-corrected chi connectivity index (χ1v) is 5.89. The second-order valence-electron chi connectivity index (χ2n) is 3.96. The molecule has 1 fully saturated rings. The lowest BCUT2D eigenvalue weighted by molar-refractivity contribution is -0.154. The van der Waals surface area contributed by atoms with Gasteiger partial charge in [-0.3, -0.25) is 4.79 Å². The maximum absolute atomic E-state index is 11.2. The van der Waals surface area contributed by atoms with Crippen LogP contribution in [0, 0.1) is 5.92 Å². The Morgan fingerprint density at radius 2 is 2.06 bits per heavy atom. The van der Waals surface area contributed by atoms with Gasteiger partial charge in [-0.1, -0.05) is 0 Å². The number of carbonyl (C=O) groups excluding carboxylic acids is 2. The molecule has 0 saturated carbocycles. The normalized spacial score (nSPS) is 16.8. The van der Waals surface area contributed by atoms with Crippen LogP contribution < -0.4 is 10.6 Å². The summed E-state index contributed by atoms with van der Waals surface area (Å²) in [6, 6.07) is 0. The second-order valence-corrected chi connectivity index (χ2v) is 3.96. The van der Waals surface area contributed by atoms with E-state index in [9.17, 15) is 9.59 Å². The molecule has 1 amide bonds. The Morgan fingerprint density at radius 1 is 1.38 bits per heavy atom. The molecule has 0 atom stereocenters. The molecule has 1 saturated heterocycles. The predicted molar refractivity (Wildman–Crippen MR) is 59.9 cm³/mol. The fourth-order valence-corrected chi connectivity index (χ4v) is 1.83. The molecule has 2 N–H and O–H groups in total. The van der Waals surface area contributed by atoms with Crippen LogP contribution in [0.4, 0.5) is 0 Å². The first-order chi connectivity index (χ1) is 7.74. The van der Waals surface area contributed by atoms with Gasteiger partial charge in [0.1, 0.15) is 0 Å². The van der Waals surface area contributed by atoms with E-state index in [1.807, 2.05) is 0 Å². The molecule has 0 bridgehead atoms. The van der Waals surface area contributed by atoms with Crippen LogP contribution in [0.2, 0.25) is 0 Å². The molecule has 16 heavy (non-hydrogen) atoms. The zero-order chi connectivity index (χ0) is 11.8. The van der Waals surface area contributed by atoms with Gasteiger partial charge in [0.2, 0.25) is 0 Å². The van der Waals surface area contributed by atoms with Gasteiger partial charge in [-0.05, 0) is 45.2 Å². The Balaban J connectivity index is 2.09. The molecule has 1 heterocycles. The first kappa shape index (κ1) is 13.0. The van der Waals surface area contributed by atoms with E-state index in [0.717, 1.165) is 32.4 Å². The van der Waals surface area contributed by atoms with Crippen molar-refractivity contribution in [2.45, 2.75) is 26.2 Å². The van der Waals surface area contributed by atoms with Gasteiger partial charge in [-0.25, -0.2) is 4.79 Å². The van der Waals surface area contributed by atoms with Crippen molar-refractivity contribution in [2.24, 2.45) is 5.92 Å². The third-order valence-electron chi connectivity index (χ3n) is 2.76. The first-order valence-electron chi connectivity index (χ1n) is 5.89. The van der Waals surface area contributed by atoms with Gasteiger partial charge in [0.05, 0.1) is 6.61 Å². The summed E-state index contributed by atoms with van der Waals surface area (Å²) >= 11 is 0. The molecule has 1 aliphatic heterocycles. The quantitative estimate of drug-likeness (QED) is 0.527. The van der Waals surface area contributed by atoms with Crippen LogP contribution >= 0.6 is 0 Å². The van der Waals surface area contributed by atoms with Crippen LogP contribution in [-0.2, 0) is 14.3 Å². The maximum Gasteiger partial charge on any atom is 0.396 e. The van der Waals surface area contributed by atoms with Crippen molar-refractivity contribution in [3.63, 3.8) is 0 Å². The van der Waals surface area contributed by atoms with Gasteiger partial charge in [0.15, 0.2) is 0 Å². The molecule has 1 aliphatic rings. The van der Waals surface area contributed by atoms with Crippen LogP contribution in [0.1, 0.15) is 26.2 Å². The summed E-state index contributed by atoms with van der Waals surface area (Å²) in [7, 11) is 0. The number of carbonyl (C=O) groups is 2. The highest BCUT2D eigenvalue weighted by Gasteiger charge is 2.16. The van der Waals surface area contributed by atoms with E-state index in [2.05, 4.69) is 15.4 Å². The molecule has 0 aromatic heterocycles. The average Bonchev–Trinajstić information content (AvgIpc) is 2.30. The minimum Gasteiger partial charge on any atom is -0.459 e. The SMILES string of the molecule is CCOC(=O)C(=O)NCCC1CCNCC1. The molecule has 0 aliphatic carbocycles. The number of hydrogen-bond acceptors (Lipinski definition) is 4. The van der Waals surface area contributed by atoms with Crippen molar-refractivity contribution in [1.82, 2.24) is 10.6 Å². The van der Waals surface area contributed by atoms with Crippen molar-refractivity contribution in [3.05, 3.63) is 0 Å². The minimum atomic E-state index is -0.784. The molecule has 0 radical (unpaired) electrons. The topological polar surface area (TPSA) is 67.4 Å². The summed E-state index contributed by atoms with van der Waals surface area (Å²) in [5, 5.41) is 5.87. The summed E-state index contributed by atoms with van der Waals surface area (Å²) in [5.41, 5.74) is 0. The number of ether oxygens (including phenoxy) is 1. The predicted octanol–water partition coefficient (Wildman–Crippen LogP) is 0.0554. The smallest absolute Gasteiger partial charge is 0.396 e. The summed E-state index contributed by atoms with van der Waals surface area (Å²) < 4.78 is 4.59. The Morgan fingerprint density at radius 3 is 2.69 bits per heavy atom. The van der Waals surface area contributed by atoms with Crippen molar-refractivity contribution in [3.8, 4) is 0 Å². The van der Waals surface area contributed by atoms with E-state index in [0.29, 0.717) is 12.5 Å². The summed E-state index contributed by atoms with van der Waals surface area (Å²) in [6.45, 7) is 4.58. The van der Waals surface area contributed by atoms with E-state index in [1.54, 1.807) is 6.92 Å². The summed E-state index contributed by atoms with van der Waals surface area (Å²) in [5.74, 6) is -0.757. The highest BCUT2D eigenvalue weighted by atomic mass is 16.5. The number of nitrogens with one attached hydrogen (secondary N) is 2. The van der Waals surface area contributed by atoms with Gasteiger partial charge in [-0.15, -0.1) is 0 Å². The van der Waals surface area contributed by atoms with Crippen molar-refractivity contribution in [2.75, 3.05) is 26.2 Å². The molecular weight excluding hydrogens is 208 g/mol. The lowest BCUT2D eigenvalue weighted by Gasteiger charge is -2.22. The molecule has 92 valence electrons. The molecule has 5 heteroatoms. The van der Waals surface area contributed by atoms with E-state index >= 15 is 0 Å². The van der Waals surface area contributed by atoms with Gasteiger partial charge in [0, 0.05) is 6.54 Å². The largest absolute Gasteiger partial charge is 0.459 e. The minimum absolute atomic E-state index is 0.237. The van der Waals surface area contributed by atoms with E-state index in [-0.39, 0.29) is 6.61 Å². The Hall–Kier alpha value is -1.10. The molecule has 0 aromatic rings. The van der Waals surface area contributed by atoms with Crippen LogP contribution in [0.15, 0.2) is 0 Å². The zero-order valence-corrected chi connectivity index (χ0v) is 9.75. The third-order valence-corrected chi connectivity index (χ3v) is 2.76. The van der Waals surface area contributed by atoms with E-state index < -0.39 is 11.9 Å². The average molecular weight is 228 g/mol. The van der Waals surface area contributed by atoms with Gasteiger partial charge in [-0.2, -0.15) is 0 Å². The summed E-state index contributed by atoms with van der Waals surface area (Å²) in [6.07, 6.45) is 3.23. The number of rotatable bonds is 4. The van der Waals surface area contributed by atoms with Crippen LogP contribution in [0.3, 0.4) is 0 Å². The van der Waals surface area contributed by atoms with Gasteiger partial charge in [0.25, 0.3) is 0 Å². The van der Waals surface area contributed by atoms with E-state index in [4.69, 9.17) is 0 Å². The second kappa shape index (κ2) is 7.22. The molecule has 0 spiro atoms. The Kier molecular flexibility index (Phi) is 5.85. The third kappa shape index (κ3) is 4.61. The van der Waals surface area contributed by atoms with Crippen molar-refractivity contribution >= 4 is 11.9 Å². The molecule has 1 rings (SSSR count). The van der Waals surface area contributed by atoms with Crippen LogP contribution in [0.5, 0.6) is 0 Å². The lowest BCUT2D eigenvalue weighted by atomic mass is 9.95. The van der Waals surface area contributed by atoms with Crippen molar-refractivity contribution < 1.29 is 14.3 Å². The Labute approximate surface area is 95.9 Å². The van der Waals surface area contributed by atoms with Gasteiger partial charge >= 0.3 is 11.9 Å². The van der Waals surface area contributed by atoms with Gasteiger partial charge < -0.3 is 15.4 Å². The van der Waals surface area contributed by atoms with E-state index in [1.165, 1.54) is 0 Å². The number of esters is 1. The molecule has 0 unspecified atom stereocenters. The van der Waals surface area contributed by atoms with Crippen LogP contribution in [-0.4, -0.2) is 38.1 Å². The monoisotopic (exact) mass is 228 g/mol. The number of hydrogen-bond donors (Lipinski definition) is 2. The highest BCUT2D eigenvalue weighted by molar-refractivity contribution is 6.32. The summed E-state index contributed by atoms with van der Waals surface area (Å²) in [4.78, 5) is 22.2. The van der Waals surface area contributed by atoms with Crippen molar-refractivity contribution in [1.29, 1.82) is 0 Å². The molecule has 5 nitrogen and oxygen atoms in total. The molecule has 0 aromatic carbocycles. The Bertz CT molecular complexity index is 237. The standard InChI is InChI=1S/C11H20N2O3/c1-2-16-11(15)10(14)13-8-5-9-3-6-12-7-4-9/h9,12H,2-8H2,1H3,(H,13,14). The maximum atomic E-state index is 11.2. The number of piperidine rings is 1. The fraction of sp³-hybridized carbons (Fsp3) is 0.818. The fourth-order valence-electron chi connectivity index (χ4n) is 1.83.